The SMILES string of the molecule is O=C(N[C@H]1CC12CN(c1ccc(N3CCOCC3=O)cc1)C(=O)O2)c1ccc(Cl)s1. The van der Waals surface area contributed by atoms with Gasteiger partial charge < -0.3 is 19.7 Å². The highest BCUT2D eigenvalue weighted by atomic mass is 35.5. The number of hydrogen-bond donors (Lipinski definition) is 1. The molecule has 8 nitrogen and oxygen atoms in total. The Kier molecular flexibility index (Phi) is 4.68. The number of hydrogen-bond acceptors (Lipinski definition) is 6. The molecule has 2 saturated heterocycles. The Labute approximate surface area is 181 Å². The van der Waals surface area contributed by atoms with Crippen LogP contribution in [0.2, 0.25) is 4.34 Å². The quantitative estimate of drug-likeness (QED) is 0.778. The number of anilines is 2. The van der Waals surface area contributed by atoms with Crippen molar-refractivity contribution in [1.82, 2.24) is 5.32 Å². The number of morpholine rings is 1. The van der Waals surface area contributed by atoms with Gasteiger partial charge in [-0.05, 0) is 36.4 Å². The number of rotatable bonds is 4. The van der Waals surface area contributed by atoms with Crippen LogP contribution in [-0.2, 0) is 14.3 Å². The van der Waals surface area contributed by atoms with Crippen LogP contribution in [0, 0.1) is 0 Å². The molecule has 2 aromatic rings. The molecule has 1 saturated carbocycles. The van der Waals surface area contributed by atoms with Crippen LogP contribution >= 0.6 is 22.9 Å². The molecule has 10 heteroatoms. The molecule has 2 atom stereocenters. The third-order valence-electron chi connectivity index (χ3n) is 5.52. The van der Waals surface area contributed by atoms with Crippen molar-refractivity contribution in [2.75, 3.05) is 36.1 Å². The lowest BCUT2D eigenvalue weighted by Gasteiger charge is -2.27. The molecule has 3 heterocycles. The van der Waals surface area contributed by atoms with Crippen molar-refractivity contribution >= 4 is 52.2 Å². The molecule has 30 heavy (non-hydrogen) atoms. The molecule has 3 fully saturated rings. The van der Waals surface area contributed by atoms with Crippen molar-refractivity contribution in [3.8, 4) is 0 Å². The van der Waals surface area contributed by atoms with E-state index < -0.39 is 11.7 Å². The Morgan fingerprint density at radius 2 is 1.87 bits per heavy atom. The van der Waals surface area contributed by atoms with Gasteiger partial charge in [0.2, 0.25) is 0 Å². The van der Waals surface area contributed by atoms with Crippen LogP contribution in [-0.4, -0.2) is 55.9 Å². The molecule has 1 aromatic carbocycles. The molecule has 1 unspecified atom stereocenters. The first-order valence-corrected chi connectivity index (χ1v) is 10.7. The Morgan fingerprint density at radius 1 is 1.13 bits per heavy atom. The molecule has 1 spiro atoms. The maximum absolute atomic E-state index is 12.5. The van der Waals surface area contributed by atoms with E-state index in [2.05, 4.69) is 5.32 Å². The van der Waals surface area contributed by atoms with E-state index in [4.69, 9.17) is 21.1 Å². The second-order valence-corrected chi connectivity index (χ2v) is 9.18. The fourth-order valence-corrected chi connectivity index (χ4v) is 4.76. The van der Waals surface area contributed by atoms with Gasteiger partial charge in [0.25, 0.3) is 11.8 Å². The summed E-state index contributed by atoms with van der Waals surface area (Å²) < 4.78 is 11.3. The third kappa shape index (κ3) is 3.42. The molecule has 0 bridgehead atoms. The van der Waals surface area contributed by atoms with Gasteiger partial charge in [0, 0.05) is 24.3 Å². The number of nitrogens with zero attached hydrogens (tertiary/aromatic N) is 2. The minimum atomic E-state index is -0.702. The molecule has 1 aromatic heterocycles. The molecule has 156 valence electrons. The number of carbonyl (C=O) groups is 3. The lowest BCUT2D eigenvalue weighted by atomic mass is 10.2. The number of benzene rings is 1. The molecule has 3 aliphatic rings. The maximum Gasteiger partial charge on any atom is 0.415 e. The Morgan fingerprint density at radius 3 is 2.53 bits per heavy atom. The van der Waals surface area contributed by atoms with Gasteiger partial charge in [0.15, 0.2) is 5.60 Å². The summed E-state index contributed by atoms with van der Waals surface area (Å²) >= 11 is 7.09. The number of ether oxygens (including phenoxy) is 2. The van der Waals surface area contributed by atoms with Gasteiger partial charge in [-0.15, -0.1) is 11.3 Å². The van der Waals surface area contributed by atoms with Gasteiger partial charge >= 0.3 is 6.09 Å². The van der Waals surface area contributed by atoms with Gasteiger partial charge in [0.05, 0.1) is 28.4 Å². The van der Waals surface area contributed by atoms with Crippen LogP contribution in [0.5, 0.6) is 0 Å². The van der Waals surface area contributed by atoms with Crippen LogP contribution in [0.15, 0.2) is 36.4 Å². The predicted octanol–water partition coefficient (Wildman–Crippen LogP) is 2.66. The zero-order valence-electron chi connectivity index (χ0n) is 15.8. The summed E-state index contributed by atoms with van der Waals surface area (Å²) in [5, 5.41) is 2.92. The first-order valence-electron chi connectivity index (χ1n) is 9.50. The zero-order chi connectivity index (χ0) is 20.9. The predicted molar refractivity (Wildman–Crippen MR) is 111 cm³/mol. The van der Waals surface area contributed by atoms with Crippen LogP contribution in [0.3, 0.4) is 0 Å². The van der Waals surface area contributed by atoms with E-state index in [1.807, 2.05) is 12.1 Å². The van der Waals surface area contributed by atoms with E-state index in [1.165, 1.54) is 11.3 Å². The fraction of sp³-hybridized carbons (Fsp3) is 0.350. The van der Waals surface area contributed by atoms with Crippen LogP contribution < -0.4 is 15.1 Å². The van der Waals surface area contributed by atoms with E-state index in [-0.39, 0.29) is 24.5 Å². The van der Waals surface area contributed by atoms with Crippen molar-refractivity contribution in [2.45, 2.75) is 18.1 Å². The Hall–Kier alpha value is -2.62. The monoisotopic (exact) mass is 447 g/mol. The smallest absolute Gasteiger partial charge is 0.415 e. The third-order valence-corrected chi connectivity index (χ3v) is 6.75. The fourth-order valence-electron chi connectivity index (χ4n) is 3.82. The molecule has 3 amide bonds. The summed E-state index contributed by atoms with van der Waals surface area (Å²) in [4.78, 5) is 40.5. The highest BCUT2D eigenvalue weighted by Gasteiger charge is 2.64. The molecule has 5 rings (SSSR count). The molecular weight excluding hydrogens is 430 g/mol. The number of nitrogens with one attached hydrogen (secondary N) is 1. The average Bonchev–Trinajstić information content (AvgIpc) is 3.04. The van der Waals surface area contributed by atoms with Crippen LogP contribution in [0.1, 0.15) is 16.1 Å². The summed E-state index contributed by atoms with van der Waals surface area (Å²) in [5.74, 6) is -0.306. The second-order valence-electron chi connectivity index (χ2n) is 7.47. The number of halogens is 1. The maximum atomic E-state index is 12.5. The standard InChI is InChI=1S/C20H18ClN3O5S/c21-16-6-5-14(30-16)18(26)22-15-9-20(15)11-24(19(27)29-20)13-3-1-12(2-4-13)23-7-8-28-10-17(23)25/h1-6,15H,7-11H2,(H,22,26)/t15-,20?/m0/s1. The number of carbonyl (C=O) groups excluding carboxylic acids is 3. The van der Waals surface area contributed by atoms with Crippen molar-refractivity contribution in [3.63, 3.8) is 0 Å². The number of thiophene rings is 1. The van der Waals surface area contributed by atoms with Crippen molar-refractivity contribution in [1.29, 1.82) is 0 Å². The van der Waals surface area contributed by atoms with Crippen LogP contribution in [0.4, 0.5) is 16.2 Å². The topological polar surface area (TPSA) is 88.2 Å². The largest absolute Gasteiger partial charge is 0.438 e. The highest BCUT2D eigenvalue weighted by Crippen LogP contribution is 2.46. The molecule has 2 aliphatic heterocycles. The van der Waals surface area contributed by atoms with Gasteiger partial charge in [-0.25, -0.2) is 4.79 Å². The van der Waals surface area contributed by atoms with Crippen LogP contribution in [0.25, 0.3) is 0 Å². The summed E-state index contributed by atoms with van der Waals surface area (Å²) in [5.41, 5.74) is 0.746. The van der Waals surface area contributed by atoms with Gasteiger partial charge in [-0.2, -0.15) is 0 Å². The molecule has 0 radical (unpaired) electrons. The minimum absolute atomic E-state index is 0.0769. The number of amides is 3. The lowest BCUT2D eigenvalue weighted by Crippen LogP contribution is -2.41. The first kappa shape index (κ1) is 19.3. The van der Waals surface area contributed by atoms with Crippen molar-refractivity contribution < 1.29 is 23.9 Å². The van der Waals surface area contributed by atoms with E-state index in [0.717, 1.165) is 5.69 Å². The van der Waals surface area contributed by atoms with E-state index >= 15 is 0 Å². The first-order chi connectivity index (χ1) is 14.4. The van der Waals surface area contributed by atoms with Crippen molar-refractivity contribution in [3.05, 3.63) is 45.6 Å². The Balaban J connectivity index is 1.24. The van der Waals surface area contributed by atoms with Crippen molar-refractivity contribution in [2.24, 2.45) is 0 Å². The van der Waals surface area contributed by atoms with Gasteiger partial charge in [-0.3, -0.25) is 14.5 Å². The molecular formula is C20H18ClN3O5S. The summed E-state index contributed by atoms with van der Waals surface area (Å²) in [6.45, 7) is 1.44. The molecule has 1 N–H and O–H groups in total. The molecule has 1 aliphatic carbocycles. The summed E-state index contributed by atoms with van der Waals surface area (Å²) in [6.07, 6.45) is 0.126. The highest BCUT2D eigenvalue weighted by molar-refractivity contribution is 7.18. The normalized spacial score (nSPS) is 25.6. The average molecular weight is 448 g/mol. The van der Waals surface area contributed by atoms with Gasteiger partial charge in [0.1, 0.15) is 6.61 Å². The zero-order valence-corrected chi connectivity index (χ0v) is 17.4. The van der Waals surface area contributed by atoms with E-state index in [1.54, 1.807) is 34.1 Å². The Bertz CT molecular complexity index is 1030. The van der Waals surface area contributed by atoms with E-state index in [0.29, 0.717) is 41.0 Å². The minimum Gasteiger partial charge on any atom is -0.438 e. The lowest BCUT2D eigenvalue weighted by molar-refractivity contribution is -0.125. The van der Waals surface area contributed by atoms with Gasteiger partial charge in [-0.1, -0.05) is 11.6 Å². The second kappa shape index (κ2) is 7.26. The summed E-state index contributed by atoms with van der Waals surface area (Å²) in [7, 11) is 0. The van der Waals surface area contributed by atoms with E-state index in [9.17, 15) is 14.4 Å². The summed E-state index contributed by atoms with van der Waals surface area (Å²) in [6, 6.07) is 10.3.